The second kappa shape index (κ2) is 8.93. The van der Waals surface area contributed by atoms with Crippen molar-refractivity contribution >= 4 is 28.5 Å². The van der Waals surface area contributed by atoms with Gasteiger partial charge in [-0.05, 0) is 6.42 Å². The van der Waals surface area contributed by atoms with Crippen LogP contribution in [0.1, 0.15) is 35.1 Å². The van der Waals surface area contributed by atoms with E-state index in [0.29, 0.717) is 10.8 Å². The summed E-state index contributed by atoms with van der Waals surface area (Å²) >= 11 is 0. The molecule has 0 saturated heterocycles. The monoisotopic (exact) mass is 259 g/mol. The largest absolute Gasteiger partial charge is 1.00 e. The molecule has 98 valence electrons. The highest BCUT2D eigenvalue weighted by atomic mass is 35.5. The minimum atomic E-state index is -0.952. The van der Waals surface area contributed by atoms with Crippen LogP contribution in [0.3, 0.4) is 0 Å². The molecule has 0 saturated carbocycles. The van der Waals surface area contributed by atoms with Gasteiger partial charge in [-0.2, -0.15) is 0 Å². The van der Waals surface area contributed by atoms with Gasteiger partial charge in [0.2, 0.25) is 0 Å². The second-order valence-corrected chi connectivity index (χ2v) is 4.68. The van der Waals surface area contributed by atoms with Crippen LogP contribution in [0.25, 0.3) is 0 Å². The van der Waals surface area contributed by atoms with Crippen LogP contribution >= 0.6 is 0 Å². The molecule has 0 rings (SSSR count). The van der Waals surface area contributed by atoms with Crippen molar-refractivity contribution < 1.29 is 26.2 Å². The van der Waals surface area contributed by atoms with Crippen molar-refractivity contribution in [2.45, 2.75) is 40.4 Å². The highest BCUT2D eigenvalue weighted by molar-refractivity contribution is 6.95. The zero-order valence-electron chi connectivity index (χ0n) is 10.1. The number of nitrogens with zero attached hydrogens (tertiary/aromatic N) is 1. The lowest BCUT2D eigenvalue weighted by Crippen LogP contribution is -3.00. The molecule has 0 aromatic heterocycles. The average Bonchev–Trinajstić information content (AvgIpc) is 2.02. The highest BCUT2D eigenvalue weighted by Gasteiger charge is 2.36. The first-order valence-corrected chi connectivity index (χ1v) is 4.68. The summed E-state index contributed by atoms with van der Waals surface area (Å²) in [5, 5.41) is -0.952. The number of rotatable bonds is 4. The van der Waals surface area contributed by atoms with Gasteiger partial charge in [0.05, 0.1) is 29.0 Å². The Hall–Kier alpha value is -0.0852. The molecule has 7 heteroatoms. The van der Waals surface area contributed by atoms with Crippen LogP contribution in [-0.4, -0.2) is 54.0 Å². The standard InChI is InChI=1S/C8H17B3NO2.2CH4.ClH/c1-6-8(2,9)7(13)14-11(10)12(3,4)5;;;/h6H2,1-5H3;2*1H4;1H/q+1;;;/p-1. The van der Waals surface area contributed by atoms with Crippen LogP contribution in [0, 0.1) is 0 Å². The molecule has 0 aromatic rings. The maximum Gasteiger partial charge on any atom is 0.559 e. The van der Waals surface area contributed by atoms with Gasteiger partial charge in [0.25, 0.3) is 5.97 Å². The second-order valence-electron chi connectivity index (χ2n) is 4.68. The SMILES string of the molecule is C.C.[B]B(OC(=O)C([B])(C)CC)[N+](C)(C)C.[Cl-]. The van der Waals surface area contributed by atoms with E-state index < -0.39 is 18.2 Å². The first-order valence-electron chi connectivity index (χ1n) is 4.68. The minimum absolute atomic E-state index is 0. The van der Waals surface area contributed by atoms with Gasteiger partial charge in [-0.25, -0.2) is 0 Å². The zero-order valence-corrected chi connectivity index (χ0v) is 10.8. The molecule has 0 spiro atoms. The fraction of sp³-hybridized carbons (Fsp3) is 0.900. The lowest BCUT2D eigenvalue weighted by Gasteiger charge is -2.31. The van der Waals surface area contributed by atoms with Gasteiger partial charge in [0.15, 0.2) is 7.74 Å². The lowest BCUT2D eigenvalue weighted by atomic mass is 9.54. The fourth-order valence-electron chi connectivity index (χ4n) is 0.547. The van der Waals surface area contributed by atoms with Crippen molar-refractivity contribution in [1.82, 2.24) is 0 Å². The number of quaternary nitrogens is 1. The van der Waals surface area contributed by atoms with Crippen LogP contribution in [-0.2, 0) is 9.45 Å². The zero-order chi connectivity index (χ0) is 11.6. The summed E-state index contributed by atoms with van der Waals surface area (Å²) < 4.78 is 5.41. The molecule has 0 aliphatic heterocycles. The molecule has 0 N–H and O–H groups in total. The molecule has 0 aliphatic carbocycles. The molecule has 3 nitrogen and oxygen atoms in total. The molecule has 1 unspecified atom stereocenters. The van der Waals surface area contributed by atoms with Crippen molar-refractivity contribution in [3.8, 4) is 0 Å². The van der Waals surface area contributed by atoms with Crippen LogP contribution in [0.15, 0.2) is 0 Å². The number of hydrogen-bond donors (Lipinski definition) is 0. The summed E-state index contributed by atoms with van der Waals surface area (Å²) in [6.45, 7) is 2.79. The smallest absolute Gasteiger partial charge is 0.559 e. The van der Waals surface area contributed by atoms with Crippen molar-refractivity contribution in [3.63, 3.8) is 0 Å². The Morgan fingerprint density at radius 2 is 1.71 bits per heavy atom. The molecule has 0 fully saturated rings. The molecule has 4 radical (unpaired) electrons. The van der Waals surface area contributed by atoms with E-state index in [2.05, 4.69) is 0 Å². The van der Waals surface area contributed by atoms with Crippen molar-refractivity contribution in [2.24, 2.45) is 0 Å². The summed E-state index contributed by atoms with van der Waals surface area (Å²) in [5.74, 6) is -0.458. The van der Waals surface area contributed by atoms with E-state index in [1.807, 2.05) is 28.1 Å². The Kier molecular flexibility index (Phi) is 13.5. The van der Waals surface area contributed by atoms with Crippen LogP contribution in [0.4, 0.5) is 0 Å². The summed E-state index contributed by atoms with van der Waals surface area (Å²) in [4.78, 5) is 11.5. The normalized spacial score (nSPS) is 13.0. The summed E-state index contributed by atoms with van der Waals surface area (Å²) in [6.07, 6.45) is 0.524. The molecule has 0 amide bonds. The minimum Gasteiger partial charge on any atom is -1.00 e. The quantitative estimate of drug-likeness (QED) is 0.570. The first-order chi connectivity index (χ1) is 6.11. The molecule has 17 heavy (non-hydrogen) atoms. The van der Waals surface area contributed by atoms with Crippen molar-refractivity contribution in [1.29, 1.82) is 0 Å². The van der Waals surface area contributed by atoms with Gasteiger partial charge in [0, 0.05) is 5.31 Å². The third-order valence-electron chi connectivity index (χ3n) is 2.19. The number of hydrogen-bond acceptors (Lipinski definition) is 2. The van der Waals surface area contributed by atoms with Gasteiger partial charge in [-0.3, -0.25) is 4.79 Å². The molecular weight excluding hydrogens is 234 g/mol. The van der Waals surface area contributed by atoms with Crippen LogP contribution in [0.5, 0.6) is 0 Å². The Bertz CT molecular complexity index is 220. The fourth-order valence-corrected chi connectivity index (χ4v) is 0.547. The summed E-state index contributed by atoms with van der Waals surface area (Å²) in [5.41, 5.74) is 0. The topological polar surface area (TPSA) is 26.3 Å². The van der Waals surface area contributed by atoms with E-state index >= 15 is 0 Å². The van der Waals surface area contributed by atoms with E-state index in [-0.39, 0.29) is 27.3 Å². The maximum absolute atomic E-state index is 11.5. The molecule has 1 atom stereocenters. The predicted molar refractivity (Wildman–Crippen MR) is 73.5 cm³/mol. The average molecular weight is 259 g/mol. The first kappa shape index (κ1) is 25.7. The van der Waals surface area contributed by atoms with Gasteiger partial charge >= 0.3 is 6.94 Å². The maximum atomic E-state index is 11.5. The van der Waals surface area contributed by atoms with Gasteiger partial charge in [-0.1, -0.05) is 28.7 Å². The molecule has 0 bridgehead atoms. The van der Waals surface area contributed by atoms with E-state index in [1.165, 1.54) is 0 Å². The molecule has 0 aromatic carbocycles. The Labute approximate surface area is 117 Å². The van der Waals surface area contributed by atoms with Gasteiger partial charge < -0.3 is 21.5 Å². The van der Waals surface area contributed by atoms with Crippen molar-refractivity contribution in [3.05, 3.63) is 0 Å². The van der Waals surface area contributed by atoms with Crippen molar-refractivity contribution in [2.75, 3.05) is 21.1 Å². The predicted octanol–water partition coefficient (Wildman–Crippen LogP) is -1.58. The number of carbonyl (C=O) groups is 1. The Morgan fingerprint density at radius 3 is 1.94 bits per heavy atom. The van der Waals surface area contributed by atoms with Crippen LogP contribution in [0.2, 0.25) is 5.31 Å². The number of halogens is 1. The summed E-state index contributed by atoms with van der Waals surface area (Å²) in [7, 11) is 16.9. The molecule has 0 aliphatic rings. The number of carbonyl (C=O) groups excluding carboxylic acids is 1. The Balaban J connectivity index is -0.000000282. The van der Waals surface area contributed by atoms with E-state index in [1.54, 1.807) is 6.92 Å². The summed E-state index contributed by atoms with van der Waals surface area (Å²) in [6, 6.07) is 0. The van der Waals surface area contributed by atoms with Gasteiger partial charge in [0.1, 0.15) is 0 Å². The third kappa shape index (κ3) is 8.61. The molecule has 0 heterocycles. The lowest BCUT2D eigenvalue weighted by molar-refractivity contribution is -0.765. The highest BCUT2D eigenvalue weighted by Crippen LogP contribution is 2.26. The third-order valence-corrected chi connectivity index (χ3v) is 2.19. The van der Waals surface area contributed by atoms with E-state index in [0.717, 1.165) is 0 Å². The molecular formula is C10H25B3ClNO2. The van der Waals surface area contributed by atoms with Gasteiger partial charge in [-0.15, -0.1) is 0 Å². The van der Waals surface area contributed by atoms with E-state index in [9.17, 15) is 4.79 Å². The van der Waals surface area contributed by atoms with Crippen LogP contribution < -0.4 is 12.4 Å². The Morgan fingerprint density at radius 1 is 1.35 bits per heavy atom. The van der Waals surface area contributed by atoms with E-state index in [4.69, 9.17) is 20.2 Å².